The largest absolute Gasteiger partial charge is 0.595 e. The number of allylic oxidation sites excluding steroid dienone is 2. The van der Waals surface area contributed by atoms with Crippen LogP contribution in [0.2, 0.25) is 0 Å². The first-order valence-corrected chi connectivity index (χ1v) is 17.2. The molecule has 1 fully saturated rings. The van der Waals surface area contributed by atoms with E-state index in [1.54, 1.807) is 28.9 Å². The highest BCUT2D eigenvalue weighted by Crippen LogP contribution is 2.59. The summed E-state index contributed by atoms with van der Waals surface area (Å²) in [6.07, 6.45) is 0.266. The van der Waals surface area contributed by atoms with Crippen molar-refractivity contribution in [2.45, 2.75) is 17.8 Å². The molecule has 0 spiro atoms. The van der Waals surface area contributed by atoms with Crippen LogP contribution in [0.15, 0.2) is 146 Å². The van der Waals surface area contributed by atoms with Crippen molar-refractivity contribution in [2.75, 3.05) is 31.2 Å². The van der Waals surface area contributed by atoms with Gasteiger partial charge in [0.15, 0.2) is 17.3 Å². The number of carbonyl (C=O) groups is 1. The third kappa shape index (κ3) is 5.86. The highest BCUT2D eigenvalue weighted by molar-refractivity contribution is 6.36. The Kier molecular flexibility index (Phi) is 8.85. The first kappa shape index (κ1) is 32.5. The van der Waals surface area contributed by atoms with Gasteiger partial charge in [-0.15, -0.1) is 5.10 Å². The number of benzene rings is 5. The second-order valence-electron chi connectivity index (χ2n) is 12.9. The van der Waals surface area contributed by atoms with E-state index in [9.17, 15) is 10.4 Å². The molecule has 3 unspecified atom stereocenters. The van der Waals surface area contributed by atoms with Crippen LogP contribution >= 0.6 is 0 Å². The fourth-order valence-corrected chi connectivity index (χ4v) is 7.80. The number of aromatic nitrogens is 3. The number of rotatable bonds is 9. The van der Waals surface area contributed by atoms with Crippen molar-refractivity contribution in [3.63, 3.8) is 0 Å². The lowest BCUT2D eigenvalue weighted by Gasteiger charge is -2.37. The fourth-order valence-electron chi connectivity index (χ4n) is 7.80. The monoisotopic (exact) mass is 675 g/mol. The van der Waals surface area contributed by atoms with Gasteiger partial charge in [-0.2, -0.15) is 9.91 Å². The van der Waals surface area contributed by atoms with E-state index >= 15 is 4.79 Å². The van der Waals surface area contributed by atoms with Crippen LogP contribution < -0.4 is 10.1 Å². The molecule has 1 saturated heterocycles. The number of nitrogens with zero attached hydrogens (tertiary/aromatic N) is 4. The zero-order chi connectivity index (χ0) is 34.8. The number of anilines is 1. The van der Waals surface area contributed by atoms with Crippen LogP contribution in [0.1, 0.15) is 33.9 Å². The number of ketones is 1. The molecule has 1 aliphatic heterocycles. The van der Waals surface area contributed by atoms with Gasteiger partial charge in [0, 0.05) is 43.1 Å². The Morgan fingerprint density at radius 3 is 1.94 bits per heavy atom. The number of hydrogen-bond acceptors (Lipinski definition) is 7. The van der Waals surface area contributed by atoms with Crippen LogP contribution in [-0.2, 0) is 21.4 Å². The number of quaternary nitrogens is 1. The average molecular weight is 676 g/mol. The van der Waals surface area contributed by atoms with Crippen molar-refractivity contribution in [1.29, 1.82) is 0 Å². The summed E-state index contributed by atoms with van der Waals surface area (Å²) in [5.74, 6) is 0.426. The Balaban J connectivity index is 1.39. The molecule has 51 heavy (non-hydrogen) atoms. The van der Waals surface area contributed by atoms with E-state index in [4.69, 9.17) is 15.0 Å². The minimum Gasteiger partial charge on any atom is -0.595 e. The zero-order valence-corrected chi connectivity index (χ0v) is 27.9. The van der Waals surface area contributed by atoms with Crippen LogP contribution in [0.4, 0.5) is 11.5 Å². The van der Waals surface area contributed by atoms with E-state index in [2.05, 4.69) is 41.3 Å². The van der Waals surface area contributed by atoms with Crippen molar-refractivity contribution in [1.82, 2.24) is 15.0 Å². The van der Waals surface area contributed by atoms with Crippen LogP contribution in [0, 0.1) is 5.21 Å². The molecule has 2 heterocycles. The summed E-state index contributed by atoms with van der Waals surface area (Å²) in [6, 6.07) is 47.3. The van der Waals surface area contributed by atoms with Crippen molar-refractivity contribution in [3.8, 4) is 5.69 Å². The number of carbonyl (C=O) groups excluding carboxylic acids is 1. The molecule has 9 nitrogen and oxygen atoms in total. The molecule has 0 bridgehead atoms. The second kappa shape index (κ2) is 13.9. The minimum absolute atomic E-state index is 0.0286. The predicted octanol–water partition coefficient (Wildman–Crippen LogP) is 5.97. The van der Waals surface area contributed by atoms with Crippen molar-refractivity contribution < 1.29 is 20.0 Å². The van der Waals surface area contributed by atoms with Gasteiger partial charge in [0.05, 0.1) is 24.3 Å². The van der Waals surface area contributed by atoms with Crippen LogP contribution in [0.5, 0.6) is 0 Å². The summed E-state index contributed by atoms with van der Waals surface area (Å²) < 4.78 is 7.52. The van der Waals surface area contributed by atoms with E-state index in [0.29, 0.717) is 43.3 Å². The molecule has 8 rings (SSSR count). The van der Waals surface area contributed by atoms with E-state index in [1.165, 1.54) is 0 Å². The number of Topliss-reactive ketones (excluding diaryl/α,β-unsaturated/α-hetero) is 1. The summed E-state index contributed by atoms with van der Waals surface area (Å²) in [4.78, 5) is 18.1. The van der Waals surface area contributed by atoms with Gasteiger partial charge in [0.1, 0.15) is 5.69 Å². The molecule has 3 atom stereocenters. The van der Waals surface area contributed by atoms with Crippen LogP contribution in [-0.4, -0.2) is 52.3 Å². The molecule has 0 radical (unpaired) electrons. The van der Waals surface area contributed by atoms with Crippen LogP contribution in [0.3, 0.4) is 0 Å². The Labute approximate surface area is 296 Å². The standard InChI is InChI=1S/C42H37N5O4/c48-40-38(31-15-7-2-8-16-31)37(30-13-5-1-6-14-30)39(32-17-9-3-10-18-32)42(40,33-19-11-4-12-20-33)29-36-41(45-25-27-51-28-26-45)46(44-43-36)34-21-23-35(24-22-34)47(49)50/h1-24,39,47,49H,25-29H2. The molecule has 2 aliphatic rings. The molecule has 0 amide bonds. The van der Waals surface area contributed by atoms with Crippen molar-refractivity contribution >= 4 is 28.4 Å². The molecule has 5 aromatic carbocycles. The van der Waals surface area contributed by atoms with E-state index in [0.717, 1.165) is 33.6 Å². The van der Waals surface area contributed by atoms with Gasteiger partial charge in [-0.05, 0) is 40.0 Å². The summed E-state index contributed by atoms with van der Waals surface area (Å²) in [7, 11) is 0. The molecule has 2 N–H and O–H groups in total. The van der Waals surface area contributed by atoms with Gasteiger partial charge in [-0.3, -0.25) is 4.79 Å². The summed E-state index contributed by atoms with van der Waals surface area (Å²) in [5, 5.41) is 29.8. The molecule has 254 valence electrons. The third-order valence-electron chi connectivity index (χ3n) is 10.1. The number of morpholine rings is 1. The number of nitrogens with one attached hydrogen (secondary N) is 1. The first-order chi connectivity index (χ1) is 25.1. The maximum absolute atomic E-state index is 15.9. The van der Waals surface area contributed by atoms with Gasteiger partial charge in [-0.1, -0.05) is 127 Å². The fraction of sp³-hybridized carbons (Fsp3) is 0.167. The lowest BCUT2D eigenvalue weighted by atomic mass is 9.63. The SMILES string of the molecule is O=C1C(c2ccccc2)=C(c2ccccc2)C(c2ccccc2)C1(Cc1nnn(-c2ccc([NH+]([O-])O)cc2)c1N1CCOCC1)c1ccccc1. The van der Waals surface area contributed by atoms with Crippen molar-refractivity contribution in [2.24, 2.45) is 0 Å². The summed E-state index contributed by atoms with van der Waals surface area (Å²) in [5.41, 5.74) is 5.91. The molecular formula is C42H37N5O4. The highest BCUT2D eigenvalue weighted by Gasteiger charge is 2.57. The topological polar surface area (TPSA) is 108 Å². The van der Waals surface area contributed by atoms with E-state index in [-0.39, 0.29) is 23.8 Å². The number of hydrogen-bond donors (Lipinski definition) is 2. The quantitative estimate of drug-likeness (QED) is 0.182. The van der Waals surface area contributed by atoms with Gasteiger partial charge >= 0.3 is 0 Å². The molecule has 1 aliphatic carbocycles. The summed E-state index contributed by atoms with van der Waals surface area (Å²) >= 11 is 0. The van der Waals surface area contributed by atoms with Gasteiger partial charge < -0.3 is 14.8 Å². The maximum atomic E-state index is 15.9. The third-order valence-corrected chi connectivity index (χ3v) is 10.1. The highest BCUT2D eigenvalue weighted by atomic mass is 16.8. The Morgan fingerprint density at radius 2 is 1.33 bits per heavy atom. The molecule has 0 saturated carbocycles. The molecule has 6 aromatic rings. The molecular weight excluding hydrogens is 638 g/mol. The Morgan fingerprint density at radius 1 is 0.765 bits per heavy atom. The summed E-state index contributed by atoms with van der Waals surface area (Å²) in [6.45, 7) is 2.31. The normalized spacial score (nSPS) is 19.8. The zero-order valence-electron chi connectivity index (χ0n) is 27.9. The van der Waals surface area contributed by atoms with E-state index in [1.807, 2.05) is 84.9 Å². The minimum atomic E-state index is -1.10. The van der Waals surface area contributed by atoms with Gasteiger partial charge in [-0.25, -0.2) is 5.21 Å². The average Bonchev–Trinajstić information content (AvgIpc) is 3.73. The van der Waals surface area contributed by atoms with Gasteiger partial charge in [0.25, 0.3) is 0 Å². The predicted molar refractivity (Wildman–Crippen MR) is 196 cm³/mol. The molecule has 1 aromatic heterocycles. The lowest BCUT2D eigenvalue weighted by molar-refractivity contribution is -0.991. The second-order valence-corrected chi connectivity index (χ2v) is 12.9. The lowest BCUT2D eigenvalue weighted by Crippen LogP contribution is -2.99. The van der Waals surface area contributed by atoms with Crippen LogP contribution in [0.25, 0.3) is 16.8 Å². The smallest absolute Gasteiger partial charge is 0.175 e. The van der Waals surface area contributed by atoms with Crippen molar-refractivity contribution in [3.05, 3.63) is 179 Å². The Bertz CT molecular complexity index is 2150. The first-order valence-electron chi connectivity index (χ1n) is 17.2. The Hall–Kier alpha value is -5.71. The number of ether oxygens (including phenoxy) is 1. The maximum Gasteiger partial charge on any atom is 0.175 e. The molecule has 9 heteroatoms. The van der Waals surface area contributed by atoms with E-state index < -0.39 is 10.6 Å². The van der Waals surface area contributed by atoms with Gasteiger partial charge in [0.2, 0.25) is 0 Å².